The van der Waals surface area contributed by atoms with Gasteiger partial charge in [-0.15, -0.1) is 10.2 Å². The van der Waals surface area contributed by atoms with E-state index >= 15 is 0 Å². The van der Waals surface area contributed by atoms with E-state index < -0.39 is 46.4 Å². The Morgan fingerprint density at radius 2 is 1.73 bits per heavy atom. The molecule has 2 amide bonds. The highest BCUT2D eigenvalue weighted by Gasteiger charge is 2.59. The van der Waals surface area contributed by atoms with Crippen LogP contribution >= 0.6 is 0 Å². The lowest BCUT2D eigenvalue weighted by molar-refractivity contribution is -0.144. The number of rotatable bonds is 12. The van der Waals surface area contributed by atoms with Crippen molar-refractivity contribution in [2.75, 3.05) is 11.9 Å². The van der Waals surface area contributed by atoms with E-state index in [1.807, 2.05) is 13.8 Å². The molecule has 0 aliphatic rings. The van der Waals surface area contributed by atoms with Crippen molar-refractivity contribution in [3.05, 3.63) is 48.0 Å². The van der Waals surface area contributed by atoms with Crippen LogP contribution in [-0.4, -0.2) is 44.8 Å². The number of nitrogens with zero attached hydrogens (tertiary/aromatic N) is 3. The average Bonchev–Trinajstić information content (AvgIpc) is 3.59. The van der Waals surface area contributed by atoms with Crippen molar-refractivity contribution >= 4 is 23.6 Å². The summed E-state index contributed by atoms with van der Waals surface area (Å²) in [5, 5.41) is 19.1. The topological polar surface area (TPSA) is 152 Å². The van der Waals surface area contributed by atoms with Gasteiger partial charge in [0.15, 0.2) is 5.54 Å². The van der Waals surface area contributed by atoms with E-state index in [0.717, 1.165) is 30.7 Å². The lowest BCUT2D eigenvalue weighted by atomic mass is 9.66. The summed E-state index contributed by atoms with van der Waals surface area (Å²) in [7, 11) is 0. The molecule has 0 radical (unpaired) electrons. The first kappa shape index (κ1) is 30.3. The normalized spacial score (nSPS) is 13.4. The monoisotopic (exact) mass is 564 g/mol. The van der Waals surface area contributed by atoms with Gasteiger partial charge in [0.05, 0.1) is 18.4 Å². The Hall–Kier alpha value is -4.23. The van der Waals surface area contributed by atoms with Crippen LogP contribution < -0.4 is 10.6 Å². The maximum Gasteiger partial charge on any atom is 0.416 e. The second-order valence-electron chi connectivity index (χ2n) is 9.74. The van der Waals surface area contributed by atoms with E-state index in [2.05, 4.69) is 31.0 Å². The van der Waals surface area contributed by atoms with Gasteiger partial charge in [0.1, 0.15) is 5.82 Å². The van der Waals surface area contributed by atoms with Crippen LogP contribution in [0, 0.1) is 5.41 Å². The van der Waals surface area contributed by atoms with Crippen LogP contribution in [0.4, 0.5) is 23.8 Å². The molecule has 40 heavy (non-hydrogen) atoms. The molecule has 0 aliphatic carbocycles. The van der Waals surface area contributed by atoms with E-state index in [-0.39, 0.29) is 23.9 Å². The van der Waals surface area contributed by atoms with Gasteiger partial charge in [0.25, 0.3) is 17.6 Å². The SMILES string of the molecule is CCCCOC(=O)N[C@@](C(=O)C(=O)Nc1ccn[nH]1)(c1nnc(-c2ccc(C(F)(F)F)cc2)o1)C(C)(C)CCC. The number of carbonyl (C=O) groups excluding carboxylic acids is 3. The Balaban J connectivity index is 2.12. The van der Waals surface area contributed by atoms with Gasteiger partial charge in [-0.3, -0.25) is 20.0 Å². The third-order valence-corrected chi connectivity index (χ3v) is 6.41. The number of aromatic amines is 1. The van der Waals surface area contributed by atoms with Gasteiger partial charge in [0, 0.05) is 17.0 Å². The highest BCUT2D eigenvalue weighted by atomic mass is 19.4. The Morgan fingerprint density at radius 3 is 2.30 bits per heavy atom. The molecule has 2 heterocycles. The number of ketones is 1. The molecule has 3 N–H and O–H groups in total. The molecule has 11 nitrogen and oxygen atoms in total. The molecule has 2 aromatic heterocycles. The largest absolute Gasteiger partial charge is 0.450 e. The fraction of sp³-hybridized carbons (Fsp3) is 0.462. The smallest absolute Gasteiger partial charge is 0.416 e. The number of alkyl halides is 3. The minimum atomic E-state index is -4.55. The van der Waals surface area contributed by atoms with Crippen LogP contribution in [0.2, 0.25) is 0 Å². The zero-order chi connectivity index (χ0) is 29.6. The number of Topliss-reactive ketones (excluding diaryl/α,β-unsaturated/α-hetero) is 1. The van der Waals surface area contributed by atoms with Crippen molar-refractivity contribution < 1.29 is 36.7 Å². The third kappa shape index (κ3) is 6.49. The van der Waals surface area contributed by atoms with Crippen molar-refractivity contribution in [2.24, 2.45) is 5.41 Å². The van der Waals surface area contributed by atoms with Gasteiger partial charge in [-0.1, -0.05) is 40.5 Å². The number of nitrogens with one attached hydrogen (secondary N) is 3. The number of carbonyl (C=O) groups is 3. The maximum atomic E-state index is 14.0. The van der Waals surface area contributed by atoms with E-state index in [1.54, 1.807) is 13.8 Å². The summed E-state index contributed by atoms with van der Waals surface area (Å²) in [6.07, 6.45) is -2.02. The number of aromatic nitrogens is 4. The van der Waals surface area contributed by atoms with Crippen LogP contribution in [0.3, 0.4) is 0 Å². The van der Waals surface area contributed by atoms with Crippen molar-refractivity contribution in [3.63, 3.8) is 0 Å². The molecule has 0 aliphatic heterocycles. The molecule has 0 fully saturated rings. The fourth-order valence-corrected chi connectivity index (χ4v) is 4.25. The Kier molecular flexibility index (Phi) is 9.32. The molecule has 1 aromatic carbocycles. The van der Waals surface area contributed by atoms with Crippen molar-refractivity contribution in [2.45, 2.75) is 65.1 Å². The van der Waals surface area contributed by atoms with Gasteiger partial charge < -0.3 is 14.5 Å². The van der Waals surface area contributed by atoms with Gasteiger partial charge in [-0.05, 0) is 37.1 Å². The summed E-state index contributed by atoms with van der Waals surface area (Å²) in [6, 6.07) is 5.39. The number of alkyl carbamates (subject to hydrolysis) is 1. The number of benzene rings is 1. The van der Waals surface area contributed by atoms with Crippen LogP contribution in [-0.2, 0) is 26.0 Å². The average molecular weight is 565 g/mol. The van der Waals surface area contributed by atoms with Crippen LogP contribution in [0.15, 0.2) is 40.9 Å². The summed E-state index contributed by atoms with van der Waals surface area (Å²) >= 11 is 0. The number of hydrogen-bond donors (Lipinski definition) is 3. The highest BCUT2D eigenvalue weighted by Crippen LogP contribution is 2.44. The molecular weight excluding hydrogens is 533 g/mol. The van der Waals surface area contributed by atoms with E-state index in [1.165, 1.54) is 12.3 Å². The summed E-state index contributed by atoms with van der Waals surface area (Å²) in [4.78, 5) is 40.2. The number of anilines is 1. The van der Waals surface area contributed by atoms with Crippen LogP contribution in [0.25, 0.3) is 11.5 Å². The number of hydrogen-bond acceptors (Lipinski definition) is 8. The maximum absolute atomic E-state index is 14.0. The van der Waals surface area contributed by atoms with Crippen molar-refractivity contribution in [3.8, 4) is 11.5 Å². The van der Waals surface area contributed by atoms with E-state index in [9.17, 15) is 27.6 Å². The Labute approximate surface area is 228 Å². The predicted molar refractivity (Wildman–Crippen MR) is 137 cm³/mol. The first-order chi connectivity index (χ1) is 18.9. The molecule has 0 unspecified atom stereocenters. The minimum absolute atomic E-state index is 0.0573. The summed E-state index contributed by atoms with van der Waals surface area (Å²) < 4.78 is 50.2. The van der Waals surface area contributed by atoms with E-state index in [4.69, 9.17) is 9.15 Å². The van der Waals surface area contributed by atoms with E-state index in [0.29, 0.717) is 19.3 Å². The van der Waals surface area contributed by atoms with Gasteiger partial charge in [-0.2, -0.15) is 18.3 Å². The Bertz CT molecular complexity index is 1310. The van der Waals surface area contributed by atoms with Crippen molar-refractivity contribution in [1.29, 1.82) is 0 Å². The quantitative estimate of drug-likeness (QED) is 0.200. The second-order valence-corrected chi connectivity index (χ2v) is 9.74. The molecular formula is C26H31F3N6O5. The standard InChI is InChI=1S/C26H31F3N6O5/c1-5-7-15-39-23(38)32-25(24(3,4)13-6-2,19(36)20(37)31-18-12-14-30-33-18)22-35-34-21(40-22)16-8-10-17(11-9-16)26(27,28)29/h8-12,14H,5-7,13,15H2,1-4H3,(H,32,38)(H2,30,31,33,37)/t25-/m0/s1. The number of unbranched alkanes of at least 4 members (excludes halogenated alkanes) is 1. The second kappa shape index (κ2) is 12.3. The van der Waals surface area contributed by atoms with Crippen LogP contribution in [0.1, 0.15) is 64.8 Å². The molecule has 0 spiro atoms. The summed E-state index contributed by atoms with van der Waals surface area (Å²) in [5.41, 5.74) is -4.16. The molecule has 0 saturated carbocycles. The van der Waals surface area contributed by atoms with Crippen molar-refractivity contribution in [1.82, 2.24) is 25.7 Å². The molecule has 14 heteroatoms. The number of H-pyrrole nitrogens is 1. The number of ether oxygens (including phenoxy) is 1. The molecule has 3 aromatic rings. The predicted octanol–water partition coefficient (Wildman–Crippen LogP) is 5.23. The summed E-state index contributed by atoms with van der Waals surface area (Å²) in [5.74, 6) is -2.77. The van der Waals surface area contributed by atoms with Gasteiger partial charge >= 0.3 is 12.3 Å². The fourth-order valence-electron chi connectivity index (χ4n) is 4.25. The first-order valence-electron chi connectivity index (χ1n) is 12.7. The molecule has 1 atom stereocenters. The molecule has 0 bridgehead atoms. The molecule has 0 saturated heterocycles. The lowest BCUT2D eigenvalue weighted by Gasteiger charge is -2.42. The third-order valence-electron chi connectivity index (χ3n) is 6.41. The number of amides is 2. The Morgan fingerprint density at radius 1 is 1.02 bits per heavy atom. The summed E-state index contributed by atoms with van der Waals surface area (Å²) in [6.45, 7) is 7.10. The van der Waals surface area contributed by atoms with Gasteiger partial charge in [0.2, 0.25) is 5.89 Å². The number of halogens is 3. The zero-order valence-corrected chi connectivity index (χ0v) is 22.5. The van der Waals surface area contributed by atoms with Gasteiger partial charge in [-0.25, -0.2) is 4.79 Å². The highest BCUT2D eigenvalue weighted by molar-refractivity contribution is 6.43. The van der Waals surface area contributed by atoms with Crippen LogP contribution in [0.5, 0.6) is 0 Å². The minimum Gasteiger partial charge on any atom is -0.450 e. The molecule has 3 rings (SSSR count). The lowest BCUT2D eigenvalue weighted by Crippen LogP contribution is -2.63. The first-order valence-corrected chi connectivity index (χ1v) is 12.7. The molecule has 216 valence electrons. The zero-order valence-electron chi connectivity index (χ0n) is 22.5.